The van der Waals surface area contributed by atoms with Crippen LogP contribution in [0.2, 0.25) is 5.02 Å². The maximum Gasteiger partial charge on any atom is 0.243 e. The van der Waals surface area contributed by atoms with Crippen LogP contribution in [-0.2, 0) is 34.4 Å². The van der Waals surface area contributed by atoms with Gasteiger partial charge in [0.15, 0.2) is 0 Å². The molecule has 4 nitrogen and oxygen atoms in total. The minimum Gasteiger partial charge on any atom is -0.355 e. The number of likely N-dealkylation sites (N-methyl/N-ethyl adjacent to an activating group) is 1. The molecule has 3 rings (SSSR count). The first-order valence-corrected chi connectivity index (χ1v) is 13.0. The van der Waals surface area contributed by atoms with Gasteiger partial charge in [-0.1, -0.05) is 105 Å². The number of carbonyl (C=O) groups excluding carboxylic acids is 2. The van der Waals surface area contributed by atoms with Crippen LogP contribution in [0.25, 0.3) is 0 Å². The molecule has 190 valence electrons. The van der Waals surface area contributed by atoms with Gasteiger partial charge >= 0.3 is 0 Å². The number of aryl methyl sites for hydroxylation is 1. The van der Waals surface area contributed by atoms with Crippen LogP contribution in [0, 0.1) is 0 Å². The standard InChI is InChI=1S/C31H37ClN2O2/c1-5-33-30(36)28(21-24-11-7-6-8-12-24)34(22-25-13-9-10-14-27(25)32)29(35)20-17-23-15-18-26(19-16-23)31(2,3)4/h6-16,18-19,28H,5,17,20-22H2,1-4H3,(H,33,36)/t28-/m0/s1. The summed E-state index contributed by atoms with van der Waals surface area (Å²) < 4.78 is 0. The van der Waals surface area contributed by atoms with Crippen molar-refractivity contribution in [3.63, 3.8) is 0 Å². The minimum absolute atomic E-state index is 0.0676. The van der Waals surface area contributed by atoms with E-state index in [-0.39, 0.29) is 23.8 Å². The molecule has 36 heavy (non-hydrogen) atoms. The molecule has 0 bridgehead atoms. The highest BCUT2D eigenvalue weighted by Crippen LogP contribution is 2.24. The number of carbonyl (C=O) groups is 2. The molecule has 0 aliphatic carbocycles. The molecule has 0 radical (unpaired) electrons. The molecule has 5 heteroatoms. The normalized spacial score (nSPS) is 12.1. The highest BCUT2D eigenvalue weighted by Gasteiger charge is 2.30. The third-order valence-corrected chi connectivity index (χ3v) is 6.74. The van der Waals surface area contributed by atoms with Crippen LogP contribution in [0.1, 0.15) is 56.4 Å². The monoisotopic (exact) mass is 504 g/mol. The van der Waals surface area contributed by atoms with Crippen molar-refractivity contribution in [3.05, 3.63) is 106 Å². The second-order valence-electron chi connectivity index (χ2n) is 10.2. The summed E-state index contributed by atoms with van der Waals surface area (Å²) in [4.78, 5) is 28.6. The summed E-state index contributed by atoms with van der Waals surface area (Å²) >= 11 is 6.46. The third-order valence-electron chi connectivity index (χ3n) is 6.37. The van der Waals surface area contributed by atoms with E-state index in [9.17, 15) is 9.59 Å². The van der Waals surface area contributed by atoms with E-state index in [4.69, 9.17) is 11.6 Å². The Balaban J connectivity index is 1.86. The number of rotatable bonds is 10. The van der Waals surface area contributed by atoms with E-state index >= 15 is 0 Å². The van der Waals surface area contributed by atoms with Crippen molar-refractivity contribution in [1.82, 2.24) is 10.2 Å². The molecule has 0 saturated heterocycles. The van der Waals surface area contributed by atoms with Crippen LogP contribution in [0.5, 0.6) is 0 Å². The van der Waals surface area contributed by atoms with E-state index in [1.807, 2.05) is 61.5 Å². The molecule has 0 saturated carbocycles. The Kier molecular flexibility index (Phi) is 9.72. The highest BCUT2D eigenvalue weighted by molar-refractivity contribution is 6.31. The predicted octanol–water partition coefficient (Wildman–Crippen LogP) is 6.35. The fraction of sp³-hybridized carbons (Fsp3) is 0.355. The van der Waals surface area contributed by atoms with Crippen LogP contribution in [0.4, 0.5) is 0 Å². The molecule has 0 heterocycles. The number of hydrogen-bond donors (Lipinski definition) is 1. The Morgan fingerprint density at radius 1 is 0.889 bits per heavy atom. The summed E-state index contributed by atoms with van der Waals surface area (Å²) in [6.45, 7) is 9.22. The second kappa shape index (κ2) is 12.7. The van der Waals surface area contributed by atoms with Gasteiger partial charge in [0.05, 0.1) is 0 Å². The van der Waals surface area contributed by atoms with Gasteiger partial charge in [0.2, 0.25) is 11.8 Å². The quantitative estimate of drug-likeness (QED) is 0.350. The summed E-state index contributed by atoms with van der Waals surface area (Å²) in [5, 5.41) is 3.52. The molecule has 0 spiro atoms. The molecule has 0 aliphatic rings. The SMILES string of the molecule is CCNC(=O)[C@H](Cc1ccccc1)N(Cc1ccccc1Cl)C(=O)CCc1ccc(C(C)(C)C)cc1. The van der Waals surface area contributed by atoms with Gasteiger partial charge in [0.1, 0.15) is 6.04 Å². The Labute approximate surface area is 220 Å². The van der Waals surface area contributed by atoms with Gasteiger partial charge in [-0.15, -0.1) is 0 Å². The summed E-state index contributed by atoms with van der Waals surface area (Å²) in [5.74, 6) is -0.224. The van der Waals surface area contributed by atoms with Crippen LogP contribution in [0.3, 0.4) is 0 Å². The fourth-order valence-electron chi connectivity index (χ4n) is 4.22. The Morgan fingerprint density at radius 3 is 2.14 bits per heavy atom. The number of amides is 2. The van der Waals surface area contributed by atoms with Gasteiger partial charge in [-0.05, 0) is 47.1 Å². The van der Waals surface area contributed by atoms with E-state index in [2.05, 4.69) is 50.4 Å². The fourth-order valence-corrected chi connectivity index (χ4v) is 4.42. The van der Waals surface area contributed by atoms with E-state index < -0.39 is 6.04 Å². The van der Waals surface area contributed by atoms with E-state index in [0.29, 0.717) is 30.8 Å². The first kappa shape index (κ1) is 27.5. The average Bonchev–Trinajstić information content (AvgIpc) is 2.86. The zero-order valence-electron chi connectivity index (χ0n) is 21.8. The minimum atomic E-state index is -0.639. The van der Waals surface area contributed by atoms with E-state index in [0.717, 1.165) is 16.7 Å². The first-order valence-electron chi connectivity index (χ1n) is 12.6. The van der Waals surface area contributed by atoms with Crippen LogP contribution < -0.4 is 5.32 Å². The van der Waals surface area contributed by atoms with Crippen molar-refractivity contribution in [2.45, 2.75) is 65.0 Å². The average molecular weight is 505 g/mol. The topological polar surface area (TPSA) is 49.4 Å². The Hall–Kier alpha value is -3.11. The maximum absolute atomic E-state index is 13.7. The lowest BCUT2D eigenvalue weighted by atomic mass is 9.86. The third kappa shape index (κ3) is 7.69. The van der Waals surface area contributed by atoms with Gasteiger partial charge in [-0.3, -0.25) is 9.59 Å². The molecule has 3 aromatic carbocycles. The molecule has 0 aromatic heterocycles. The lowest BCUT2D eigenvalue weighted by Gasteiger charge is -2.32. The first-order chi connectivity index (χ1) is 17.2. The smallest absolute Gasteiger partial charge is 0.243 e. The molecular weight excluding hydrogens is 468 g/mol. The van der Waals surface area contributed by atoms with Gasteiger partial charge in [0, 0.05) is 31.0 Å². The highest BCUT2D eigenvalue weighted by atomic mass is 35.5. The number of nitrogens with one attached hydrogen (secondary N) is 1. The molecule has 3 aromatic rings. The summed E-state index contributed by atoms with van der Waals surface area (Å²) in [6.07, 6.45) is 1.35. The lowest BCUT2D eigenvalue weighted by Crippen LogP contribution is -2.50. The van der Waals surface area contributed by atoms with E-state index in [1.165, 1.54) is 5.56 Å². The van der Waals surface area contributed by atoms with Crippen LogP contribution >= 0.6 is 11.6 Å². The van der Waals surface area contributed by atoms with Gasteiger partial charge < -0.3 is 10.2 Å². The summed E-state index contributed by atoms with van der Waals surface area (Å²) in [5.41, 5.74) is 4.27. The largest absolute Gasteiger partial charge is 0.355 e. The summed E-state index contributed by atoms with van der Waals surface area (Å²) in [7, 11) is 0. The molecular formula is C31H37ClN2O2. The molecule has 1 N–H and O–H groups in total. The van der Waals surface area contributed by atoms with Crippen LogP contribution in [0.15, 0.2) is 78.9 Å². The Bertz CT molecular complexity index is 1140. The lowest BCUT2D eigenvalue weighted by molar-refractivity contribution is -0.141. The van der Waals surface area contributed by atoms with Crippen molar-refractivity contribution in [2.75, 3.05) is 6.54 Å². The molecule has 0 unspecified atom stereocenters. The van der Waals surface area contributed by atoms with Gasteiger partial charge in [-0.25, -0.2) is 0 Å². The van der Waals surface area contributed by atoms with E-state index in [1.54, 1.807) is 4.90 Å². The Morgan fingerprint density at radius 2 is 1.53 bits per heavy atom. The molecule has 0 fully saturated rings. The predicted molar refractivity (Wildman–Crippen MR) is 148 cm³/mol. The van der Waals surface area contributed by atoms with Crippen molar-refractivity contribution < 1.29 is 9.59 Å². The maximum atomic E-state index is 13.7. The number of benzene rings is 3. The molecule has 1 atom stereocenters. The zero-order valence-corrected chi connectivity index (χ0v) is 22.5. The second-order valence-corrected chi connectivity index (χ2v) is 10.6. The summed E-state index contributed by atoms with van der Waals surface area (Å²) in [6, 6.07) is 25.1. The number of hydrogen-bond acceptors (Lipinski definition) is 2. The van der Waals surface area contributed by atoms with Gasteiger partial charge in [0.25, 0.3) is 0 Å². The molecule has 2 amide bonds. The van der Waals surface area contributed by atoms with Crippen LogP contribution in [-0.4, -0.2) is 29.3 Å². The zero-order chi connectivity index (χ0) is 26.1. The number of halogens is 1. The number of nitrogens with zero attached hydrogens (tertiary/aromatic N) is 1. The van der Waals surface area contributed by atoms with Crippen molar-refractivity contribution >= 4 is 23.4 Å². The van der Waals surface area contributed by atoms with Crippen molar-refractivity contribution in [2.24, 2.45) is 0 Å². The van der Waals surface area contributed by atoms with Crippen molar-refractivity contribution in [1.29, 1.82) is 0 Å². The van der Waals surface area contributed by atoms with Gasteiger partial charge in [-0.2, -0.15) is 0 Å². The van der Waals surface area contributed by atoms with Crippen molar-refractivity contribution in [3.8, 4) is 0 Å². The molecule has 0 aliphatic heterocycles.